The number of piperidine rings is 1. The average Bonchev–Trinajstić information content (AvgIpc) is 2.53. The monoisotopic (exact) mass is 272 g/mol. The van der Waals surface area contributed by atoms with Crippen molar-refractivity contribution in [1.82, 2.24) is 0 Å². The molecule has 20 heavy (non-hydrogen) atoms. The first-order chi connectivity index (χ1) is 9.81. The summed E-state index contributed by atoms with van der Waals surface area (Å²) in [5.41, 5.74) is 9.11. The van der Waals surface area contributed by atoms with Crippen LogP contribution in [-0.4, -0.2) is 12.6 Å². The highest BCUT2D eigenvalue weighted by Crippen LogP contribution is 2.39. The molecule has 0 amide bonds. The van der Waals surface area contributed by atoms with Gasteiger partial charge in [0.05, 0.1) is 0 Å². The zero-order valence-corrected chi connectivity index (χ0v) is 12.7. The number of anilines is 1. The van der Waals surface area contributed by atoms with E-state index in [1.807, 2.05) is 0 Å². The maximum atomic E-state index is 6.34. The Morgan fingerprint density at radius 1 is 1.15 bits per heavy atom. The van der Waals surface area contributed by atoms with Gasteiger partial charge in [0.1, 0.15) is 0 Å². The Balaban J connectivity index is 1.91. The number of hydrogen-bond donors (Lipinski definition) is 1. The molecule has 1 saturated carbocycles. The summed E-state index contributed by atoms with van der Waals surface area (Å²) in [6.07, 6.45) is 9.44. The molecule has 2 heteroatoms. The standard InChI is InChI=1S/C18H28N2/c1-2-16(19)15-10-4-6-12-18(15)20-13-7-9-14-8-3-5-11-17(14)20/h4,6,10,12,14,16-17H,2-3,5,7-9,11,13,19H2,1H3/t14-,16-,17-/m1/s1. The van der Waals surface area contributed by atoms with Crippen LogP contribution in [0.3, 0.4) is 0 Å². The van der Waals surface area contributed by atoms with Crippen molar-refractivity contribution in [2.24, 2.45) is 11.7 Å². The first kappa shape index (κ1) is 13.9. The largest absolute Gasteiger partial charge is 0.368 e. The summed E-state index contributed by atoms with van der Waals surface area (Å²) < 4.78 is 0. The van der Waals surface area contributed by atoms with Crippen LogP contribution in [0, 0.1) is 5.92 Å². The van der Waals surface area contributed by atoms with Crippen LogP contribution in [-0.2, 0) is 0 Å². The van der Waals surface area contributed by atoms with Crippen molar-refractivity contribution in [3.63, 3.8) is 0 Å². The van der Waals surface area contributed by atoms with Gasteiger partial charge in [0, 0.05) is 24.3 Å². The fourth-order valence-corrected chi connectivity index (χ4v) is 4.21. The van der Waals surface area contributed by atoms with Gasteiger partial charge in [-0.15, -0.1) is 0 Å². The summed E-state index contributed by atoms with van der Waals surface area (Å²) in [5, 5.41) is 0. The summed E-state index contributed by atoms with van der Waals surface area (Å²) in [6, 6.07) is 9.78. The molecule has 0 aromatic heterocycles. The molecule has 0 unspecified atom stereocenters. The molecule has 1 saturated heterocycles. The Hall–Kier alpha value is -1.02. The number of hydrogen-bond acceptors (Lipinski definition) is 2. The van der Waals surface area contributed by atoms with Gasteiger partial charge in [0.25, 0.3) is 0 Å². The van der Waals surface area contributed by atoms with E-state index in [4.69, 9.17) is 5.73 Å². The predicted molar refractivity (Wildman–Crippen MR) is 86.0 cm³/mol. The van der Waals surface area contributed by atoms with Gasteiger partial charge in [0.2, 0.25) is 0 Å². The fraction of sp³-hybridized carbons (Fsp3) is 0.667. The number of para-hydroxylation sites is 1. The van der Waals surface area contributed by atoms with Crippen molar-refractivity contribution in [2.45, 2.75) is 64.0 Å². The second-order valence-corrected chi connectivity index (χ2v) is 6.52. The molecule has 0 radical (unpaired) electrons. The summed E-state index contributed by atoms with van der Waals surface area (Å²) >= 11 is 0. The number of nitrogens with zero attached hydrogens (tertiary/aromatic N) is 1. The van der Waals surface area contributed by atoms with Crippen LogP contribution in [0.15, 0.2) is 24.3 Å². The maximum Gasteiger partial charge on any atom is 0.0417 e. The minimum atomic E-state index is 0.176. The molecule has 3 rings (SSSR count). The van der Waals surface area contributed by atoms with Gasteiger partial charge in [-0.1, -0.05) is 38.0 Å². The lowest BCUT2D eigenvalue weighted by Gasteiger charge is -2.46. The van der Waals surface area contributed by atoms with E-state index in [2.05, 4.69) is 36.1 Å². The van der Waals surface area contributed by atoms with Gasteiger partial charge in [-0.3, -0.25) is 0 Å². The van der Waals surface area contributed by atoms with Crippen molar-refractivity contribution < 1.29 is 0 Å². The van der Waals surface area contributed by atoms with E-state index in [-0.39, 0.29) is 6.04 Å². The molecule has 0 bridgehead atoms. The van der Waals surface area contributed by atoms with Crippen molar-refractivity contribution >= 4 is 5.69 Å². The highest BCUT2D eigenvalue weighted by Gasteiger charge is 2.34. The number of fused-ring (bicyclic) bond motifs is 1. The zero-order chi connectivity index (χ0) is 13.9. The second kappa shape index (κ2) is 6.17. The predicted octanol–water partition coefficient (Wildman–Crippen LogP) is 4.26. The molecule has 2 fully saturated rings. The second-order valence-electron chi connectivity index (χ2n) is 6.52. The third-order valence-corrected chi connectivity index (χ3v) is 5.33. The summed E-state index contributed by atoms with van der Waals surface area (Å²) in [6.45, 7) is 3.40. The van der Waals surface area contributed by atoms with Crippen LogP contribution < -0.4 is 10.6 Å². The third kappa shape index (κ3) is 2.58. The Labute approximate surface area is 123 Å². The number of rotatable bonds is 3. The van der Waals surface area contributed by atoms with Crippen molar-refractivity contribution in [2.75, 3.05) is 11.4 Å². The van der Waals surface area contributed by atoms with Gasteiger partial charge >= 0.3 is 0 Å². The van der Waals surface area contributed by atoms with Crippen LogP contribution in [0.1, 0.15) is 63.5 Å². The SMILES string of the molecule is CC[C@@H](N)c1ccccc1N1CCC[C@H]2CCCC[C@H]21. The molecule has 3 atom stereocenters. The number of nitrogens with two attached hydrogens (primary N) is 1. The average molecular weight is 272 g/mol. The molecule has 1 aliphatic heterocycles. The van der Waals surface area contributed by atoms with E-state index < -0.39 is 0 Å². The van der Waals surface area contributed by atoms with Crippen LogP contribution >= 0.6 is 0 Å². The van der Waals surface area contributed by atoms with E-state index in [9.17, 15) is 0 Å². The Morgan fingerprint density at radius 2 is 1.90 bits per heavy atom. The van der Waals surface area contributed by atoms with E-state index in [0.717, 1.165) is 18.4 Å². The smallest absolute Gasteiger partial charge is 0.0417 e. The van der Waals surface area contributed by atoms with Gasteiger partial charge in [-0.05, 0) is 49.7 Å². The third-order valence-electron chi connectivity index (χ3n) is 5.33. The summed E-state index contributed by atoms with van der Waals surface area (Å²) in [4.78, 5) is 2.69. The quantitative estimate of drug-likeness (QED) is 0.891. The normalized spacial score (nSPS) is 28.0. The Kier molecular flexibility index (Phi) is 4.30. The molecular weight excluding hydrogens is 244 g/mol. The molecule has 2 nitrogen and oxygen atoms in total. The first-order valence-electron chi connectivity index (χ1n) is 8.42. The minimum absolute atomic E-state index is 0.176. The molecule has 1 aromatic rings. The molecule has 110 valence electrons. The molecule has 1 heterocycles. The topological polar surface area (TPSA) is 29.3 Å². The van der Waals surface area contributed by atoms with Crippen molar-refractivity contribution in [3.8, 4) is 0 Å². The fourth-order valence-electron chi connectivity index (χ4n) is 4.21. The molecule has 1 aliphatic carbocycles. The van der Waals surface area contributed by atoms with Crippen LogP contribution in [0.25, 0.3) is 0 Å². The lowest BCUT2D eigenvalue weighted by Crippen LogP contribution is -2.47. The molecule has 2 aliphatic rings. The summed E-state index contributed by atoms with van der Waals surface area (Å²) in [7, 11) is 0. The summed E-state index contributed by atoms with van der Waals surface area (Å²) in [5.74, 6) is 0.920. The highest BCUT2D eigenvalue weighted by molar-refractivity contribution is 5.56. The van der Waals surface area contributed by atoms with Gasteiger partial charge < -0.3 is 10.6 Å². The van der Waals surface area contributed by atoms with Gasteiger partial charge in [-0.25, -0.2) is 0 Å². The molecular formula is C18H28N2. The van der Waals surface area contributed by atoms with Gasteiger partial charge in [-0.2, -0.15) is 0 Å². The first-order valence-corrected chi connectivity index (χ1v) is 8.42. The van der Waals surface area contributed by atoms with E-state index in [1.165, 1.54) is 56.3 Å². The minimum Gasteiger partial charge on any atom is -0.368 e. The van der Waals surface area contributed by atoms with E-state index >= 15 is 0 Å². The zero-order valence-electron chi connectivity index (χ0n) is 12.7. The van der Waals surface area contributed by atoms with E-state index in [0.29, 0.717) is 0 Å². The molecule has 1 aromatic carbocycles. The maximum absolute atomic E-state index is 6.34. The Bertz CT molecular complexity index is 441. The van der Waals surface area contributed by atoms with Crippen LogP contribution in [0.5, 0.6) is 0 Å². The van der Waals surface area contributed by atoms with Crippen LogP contribution in [0.4, 0.5) is 5.69 Å². The van der Waals surface area contributed by atoms with Crippen molar-refractivity contribution in [1.29, 1.82) is 0 Å². The lowest BCUT2D eigenvalue weighted by molar-refractivity contribution is 0.243. The van der Waals surface area contributed by atoms with E-state index in [1.54, 1.807) is 0 Å². The highest BCUT2D eigenvalue weighted by atomic mass is 15.2. The van der Waals surface area contributed by atoms with Crippen molar-refractivity contribution in [3.05, 3.63) is 29.8 Å². The molecule has 2 N–H and O–H groups in total. The van der Waals surface area contributed by atoms with Crippen LogP contribution in [0.2, 0.25) is 0 Å². The lowest BCUT2D eigenvalue weighted by atomic mass is 9.78. The Morgan fingerprint density at radius 3 is 2.75 bits per heavy atom. The number of benzene rings is 1. The molecule has 0 spiro atoms. The van der Waals surface area contributed by atoms with Gasteiger partial charge in [0.15, 0.2) is 0 Å².